The maximum atomic E-state index is 10.3. The second kappa shape index (κ2) is 3.77. The number of tetrazole rings is 1. The molecule has 0 saturated heterocycles. The van der Waals surface area contributed by atoms with Crippen LogP contribution in [0.4, 0.5) is 0 Å². The Bertz CT molecular complexity index is 271. The maximum absolute atomic E-state index is 10.3. The third kappa shape index (κ3) is 1.99. The van der Waals surface area contributed by atoms with Gasteiger partial charge in [0.05, 0.1) is 0 Å². The zero-order chi connectivity index (χ0) is 8.97. The molecular formula is C5H9N5O2. The molecule has 7 heteroatoms. The van der Waals surface area contributed by atoms with Gasteiger partial charge in [0, 0.05) is 6.42 Å². The number of nitrogens with two attached hydrogens (primary N) is 1. The Morgan fingerprint density at radius 2 is 2.42 bits per heavy atom. The van der Waals surface area contributed by atoms with Crippen LogP contribution >= 0.6 is 0 Å². The lowest BCUT2D eigenvalue weighted by atomic mass is 10.4. The standard InChI is InChI=1S/C5H9N5O2/c6-2-1-4-7-8-9-10(4)3-5(11)12/h1-3,6H2,(H,11,12). The summed E-state index contributed by atoms with van der Waals surface area (Å²) in [5, 5.41) is 18.9. The minimum atomic E-state index is -0.972. The Morgan fingerprint density at radius 3 is 3.00 bits per heavy atom. The van der Waals surface area contributed by atoms with Crippen molar-refractivity contribution in [3.8, 4) is 0 Å². The number of carbonyl (C=O) groups is 1. The number of aromatic nitrogens is 4. The molecule has 0 fully saturated rings. The molecule has 0 radical (unpaired) electrons. The monoisotopic (exact) mass is 171 g/mol. The van der Waals surface area contributed by atoms with Crippen molar-refractivity contribution >= 4 is 5.97 Å². The molecular weight excluding hydrogens is 162 g/mol. The normalized spacial score (nSPS) is 10.1. The highest BCUT2D eigenvalue weighted by atomic mass is 16.4. The Hall–Kier alpha value is -1.50. The van der Waals surface area contributed by atoms with Gasteiger partial charge in [-0.25, -0.2) is 4.68 Å². The number of aliphatic carboxylic acids is 1. The molecule has 12 heavy (non-hydrogen) atoms. The Labute approximate surface area is 68.2 Å². The SMILES string of the molecule is NCCc1nnnn1CC(=O)O. The van der Waals surface area contributed by atoms with E-state index < -0.39 is 5.97 Å². The summed E-state index contributed by atoms with van der Waals surface area (Å²) in [6.45, 7) is 0.183. The van der Waals surface area contributed by atoms with Crippen molar-refractivity contribution in [2.45, 2.75) is 13.0 Å². The zero-order valence-electron chi connectivity index (χ0n) is 6.34. The van der Waals surface area contributed by atoms with Crippen molar-refractivity contribution in [1.29, 1.82) is 0 Å². The minimum absolute atomic E-state index is 0.220. The van der Waals surface area contributed by atoms with Crippen molar-refractivity contribution < 1.29 is 9.90 Å². The van der Waals surface area contributed by atoms with Gasteiger partial charge in [0.2, 0.25) is 0 Å². The van der Waals surface area contributed by atoms with Gasteiger partial charge >= 0.3 is 5.97 Å². The summed E-state index contributed by atoms with van der Waals surface area (Å²) in [5.41, 5.74) is 5.26. The fourth-order valence-corrected chi connectivity index (χ4v) is 0.782. The fourth-order valence-electron chi connectivity index (χ4n) is 0.782. The summed E-state index contributed by atoms with van der Waals surface area (Å²) in [6, 6.07) is 0. The second-order valence-electron chi connectivity index (χ2n) is 2.19. The van der Waals surface area contributed by atoms with E-state index in [0.717, 1.165) is 0 Å². The third-order valence-electron chi connectivity index (χ3n) is 1.26. The predicted molar refractivity (Wildman–Crippen MR) is 38.2 cm³/mol. The van der Waals surface area contributed by atoms with E-state index >= 15 is 0 Å². The quantitative estimate of drug-likeness (QED) is 0.556. The molecule has 0 amide bonds. The first-order valence-corrected chi connectivity index (χ1v) is 3.41. The molecule has 0 aliphatic carbocycles. The Morgan fingerprint density at radius 1 is 1.67 bits per heavy atom. The van der Waals surface area contributed by atoms with Gasteiger partial charge in [0.1, 0.15) is 6.54 Å². The molecule has 0 spiro atoms. The van der Waals surface area contributed by atoms with Gasteiger partial charge in [-0.1, -0.05) is 0 Å². The lowest BCUT2D eigenvalue weighted by molar-refractivity contribution is -0.138. The summed E-state index contributed by atoms with van der Waals surface area (Å²) in [4.78, 5) is 10.3. The van der Waals surface area contributed by atoms with Crippen LogP contribution in [0.25, 0.3) is 0 Å². The number of hydrogen-bond acceptors (Lipinski definition) is 5. The lowest BCUT2D eigenvalue weighted by Crippen LogP contribution is -2.16. The van der Waals surface area contributed by atoms with Crippen molar-refractivity contribution in [3.05, 3.63) is 5.82 Å². The number of hydrogen-bond donors (Lipinski definition) is 2. The van der Waals surface area contributed by atoms with Crippen LogP contribution in [0.3, 0.4) is 0 Å². The average molecular weight is 171 g/mol. The lowest BCUT2D eigenvalue weighted by Gasteiger charge is -1.97. The van der Waals surface area contributed by atoms with E-state index in [0.29, 0.717) is 18.8 Å². The predicted octanol–water partition coefficient (Wildman–Crippen LogP) is -1.74. The molecule has 1 rings (SSSR count). The van der Waals surface area contributed by atoms with Crippen LogP contribution in [-0.4, -0.2) is 37.8 Å². The van der Waals surface area contributed by atoms with Crippen LogP contribution in [-0.2, 0) is 17.8 Å². The molecule has 0 unspecified atom stereocenters. The number of rotatable bonds is 4. The van der Waals surface area contributed by atoms with E-state index in [-0.39, 0.29) is 6.54 Å². The Kier molecular flexibility index (Phi) is 2.70. The highest BCUT2D eigenvalue weighted by Crippen LogP contribution is 1.91. The van der Waals surface area contributed by atoms with Crippen LogP contribution < -0.4 is 5.73 Å². The van der Waals surface area contributed by atoms with Crippen LogP contribution in [0.1, 0.15) is 5.82 Å². The number of carboxylic acid groups (broad SMARTS) is 1. The first kappa shape index (κ1) is 8.60. The summed E-state index contributed by atoms with van der Waals surface area (Å²) >= 11 is 0. The second-order valence-corrected chi connectivity index (χ2v) is 2.19. The molecule has 3 N–H and O–H groups in total. The molecule has 1 aromatic rings. The van der Waals surface area contributed by atoms with E-state index in [2.05, 4.69) is 15.5 Å². The topological polar surface area (TPSA) is 107 Å². The molecule has 66 valence electrons. The highest BCUT2D eigenvalue weighted by molar-refractivity contribution is 5.66. The van der Waals surface area contributed by atoms with Gasteiger partial charge in [-0.15, -0.1) is 5.10 Å². The van der Waals surface area contributed by atoms with Gasteiger partial charge in [-0.3, -0.25) is 4.79 Å². The van der Waals surface area contributed by atoms with Gasteiger partial charge < -0.3 is 10.8 Å². The molecule has 7 nitrogen and oxygen atoms in total. The average Bonchev–Trinajstić information content (AvgIpc) is 2.37. The van der Waals surface area contributed by atoms with Crippen LogP contribution in [0.2, 0.25) is 0 Å². The summed E-state index contributed by atoms with van der Waals surface area (Å²) in [6.07, 6.45) is 0.486. The van der Waals surface area contributed by atoms with Gasteiger partial charge in [0.25, 0.3) is 0 Å². The van der Waals surface area contributed by atoms with E-state index in [1.807, 2.05) is 0 Å². The molecule has 0 aliphatic heterocycles. The minimum Gasteiger partial charge on any atom is -0.480 e. The Balaban J connectivity index is 2.69. The van der Waals surface area contributed by atoms with E-state index in [1.54, 1.807) is 0 Å². The fraction of sp³-hybridized carbons (Fsp3) is 0.600. The van der Waals surface area contributed by atoms with Crippen molar-refractivity contribution in [2.75, 3.05) is 6.54 Å². The highest BCUT2D eigenvalue weighted by Gasteiger charge is 2.07. The van der Waals surface area contributed by atoms with E-state index in [4.69, 9.17) is 10.8 Å². The van der Waals surface area contributed by atoms with Crippen molar-refractivity contribution in [3.63, 3.8) is 0 Å². The van der Waals surface area contributed by atoms with E-state index in [1.165, 1.54) is 4.68 Å². The third-order valence-corrected chi connectivity index (χ3v) is 1.26. The number of carboxylic acids is 1. The van der Waals surface area contributed by atoms with E-state index in [9.17, 15) is 4.79 Å². The van der Waals surface area contributed by atoms with Crippen LogP contribution in [0, 0.1) is 0 Å². The summed E-state index contributed by atoms with van der Waals surface area (Å²) in [5.74, 6) is -0.472. The first-order chi connectivity index (χ1) is 5.74. The van der Waals surface area contributed by atoms with Crippen molar-refractivity contribution in [1.82, 2.24) is 20.2 Å². The zero-order valence-corrected chi connectivity index (χ0v) is 6.34. The molecule has 0 saturated carbocycles. The van der Waals surface area contributed by atoms with Gasteiger partial charge in [-0.05, 0) is 17.0 Å². The maximum Gasteiger partial charge on any atom is 0.325 e. The van der Waals surface area contributed by atoms with Gasteiger partial charge in [-0.2, -0.15) is 0 Å². The molecule has 1 aromatic heterocycles. The molecule has 0 bridgehead atoms. The number of nitrogens with zero attached hydrogens (tertiary/aromatic N) is 4. The van der Waals surface area contributed by atoms with Crippen LogP contribution in [0.15, 0.2) is 0 Å². The van der Waals surface area contributed by atoms with Crippen molar-refractivity contribution in [2.24, 2.45) is 5.73 Å². The smallest absolute Gasteiger partial charge is 0.325 e. The molecule has 0 aromatic carbocycles. The molecule has 0 aliphatic rings. The molecule has 0 atom stereocenters. The summed E-state index contributed by atoms with van der Waals surface area (Å²) < 4.78 is 1.22. The summed E-state index contributed by atoms with van der Waals surface area (Å²) in [7, 11) is 0. The van der Waals surface area contributed by atoms with Crippen LogP contribution in [0.5, 0.6) is 0 Å². The first-order valence-electron chi connectivity index (χ1n) is 3.41. The van der Waals surface area contributed by atoms with Gasteiger partial charge in [0.15, 0.2) is 5.82 Å². The largest absolute Gasteiger partial charge is 0.480 e. The molecule has 1 heterocycles.